The Morgan fingerprint density at radius 1 is 1.38 bits per heavy atom. The van der Waals surface area contributed by atoms with Crippen LogP contribution in [-0.4, -0.2) is 33.3 Å². The van der Waals surface area contributed by atoms with E-state index < -0.39 is 11.9 Å². The number of imide groups is 1. The lowest BCUT2D eigenvalue weighted by Gasteiger charge is -2.12. The first kappa shape index (κ1) is 18.9. The molecule has 26 heavy (non-hydrogen) atoms. The predicted molar refractivity (Wildman–Crippen MR) is 104 cm³/mol. The number of urea groups is 1. The van der Waals surface area contributed by atoms with Crippen LogP contribution in [0.25, 0.3) is 10.2 Å². The van der Waals surface area contributed by atoms with Gasteiger partial charge in [0.15, 0.2) is 5.16 Å². The fraction of sp³-hybridized carbons (Fsp3) is 0.529. The zero-order valence-corrected chi connectivity index (χ0v) is 16.7. The highest BCUT2D eigenvalue weighted by atomic mass is 32.2. The predicted octanol–water partition coefficient (Wildman–Crippen LogP) is 2.20. The molecule has 0 aromatic carbocycles. The average molecular weight is 395 g/mol. The standard InChI is InChI=1S/C17H22N4O3S2/c1-4-9(2)18-16(24)19-12(22)8-25-17-20-14-13(15(23)21(17)3)10-6-5-7-11(10)26-14/h9H,4-8H2,1-3H3,(H2,18,19,22,24)/t9-/m1/s1. The molecule has 2 N–H and O–H groups in total. The quantitative estimate of drug-likeness (QED) is 0.599. The van der Waals surface area contributed by atoms with E-state index >= 15 is 0 Å². The molecule has 2 aromatic heterocycles. The van der Waals surface area contributed by atoms with Gasteiger partial charge >= 0.3 is 6.03 Å². The van der Waals surface area contributed by atoms with E-state index in [-0.39, 0.29) is 17.4 Å². The van der Waals surface area contributed by atoms with Crippen molar-refractivity contribution in [3.05, 3.63) is 20.8 Å². The largest absolute Gasteiger partial charge is 0.335 e. The van der Waals surface area contributed by atoms with E-state index in [0.717, 1.165) is 53.2 Å². The maximum absolute atomic E-state index is 12.7. The Morgan fingerprint density at radius 3 is 2.88 bits per heavy atom. The van der Waals surface area contributed by atoms with E-state index in [1.54, 1.807) is 18.4 Å². The van der Waals surface area contributed by atoms with Crippen LogP contribution in [0.2, 0.25) is 0 Å². The van der Waals surface area contributed by atoms with Crippen LogP contribution < -0.4 is 16.2 Å². The smallest absolute Gasteiger partial charge is 0.321 e. The first-order valence-corrected chi connectivity index (χ1v) is 10.4. The lowest BCUT2D eigenvalue weighted by molar-refractivity contribution is -0.117. The van der Waals surface area contributed by atoms with Crippen LogP contribution in [0.5, 0.6) is 0 Å². The van der Waals surface area contributed by atoms with E-state index in [4.69, 9.17) is 0 Å². The van der Waals surface area contributed by atoms with E-state index in [9.17, 15) is 14.4 Å². The van der Waals surface area contributed by atoms with E-state index in [0.29, 0.717) is 5.16 Å². The number of aromatic nitrogens is 2. The van der Waals surface area contributed by atoms with Gasteiger partial charge in [0.2, 0.25) is 5.91 Å². The van der Waals surface area contributed by atoms with Crippen LogP contribution in [0, 0.1) is 0 Å². The molecule has 0 saturated heterocycles. The molecular weight excluding hydrogens is 372 g/mol. The maximum atomic E-state index is 12.7. The third-order valence-electron chi connectivity index (χ3n) is 4.48. The molecule has 0 radical (unpaired) electrons. The molecule has 3 amide bonds. The minimum atomic E-state index is -0.503. The van der Waals surface area contributed by atoms with Crippen molar-refractivity contribution in [2.75, 3.05) is 5.75 Å². The third-order valence-corrected chi connectivity index (χ3v) is 6.70. The van der Waals surface area contributed by atoms with Gasteiger partial charge in [-0.1, -0.05) is 18.7 Å². The number of fused-ring (bicyclic) bond motifs is 3. The highest BCUT2D eigenvalue weighted by Gasteiger charge is 2.22. The lowest BCUT2D eigenvalue weighted by Crippen LogP contribution is -2.43. The highest BCUT2D eigenvalue weighted by Crippen LogP contribution is 2.35. The molecule has 2 heterocycles. The van der Waals surface area contributed by atoms with Gasteiger partial charge in [-0.3, -0.25) is 19.5 Å². The summed E-state index contributed by atoms with van der Waals surface area (Å²) in [7, 11) is 1.67. The van der Waals surface area contributed by atoms with Gasteiger partial charge in [-0.05, 0) is 38.2 Å². The first-order chi connectivity index (χ1) is 12.4. The fourth-order valence-electron chi connectivity index (χ4n) is 2.89. The number of carbonyl (C=O) groups excluding carboxylic acids is 2. The van der Waals surface area contributed by atoms with Crippen molar-refractivity contribution in [3.63, 3.8) is 0 Å². The zero-order valence-electron chi connectivity index (χ0n) is 15.0. The summed E-state index contributed by atoms with van der Waals surface area (Å²) in [6, 6.07) is -0.502. The number of hydrogen-bond acceptors (Lipinski definition) is 6. The second kappa shape index (κ2) is 7.79. The second-order valence-corrected chi connectivity index (χ2v) is 8.44. The number of hydrogen-bond donors (Lipinski definition) is 2. The van der Waals surface area contributed by atoms with Crippen molar-refractivity contribution in [2.24, 2.45) is 7.05 Å². The Labute approximate surface area is 159 Å². The summed E-state index contributed by atoms with van der Waals surface area (Å²) >= 11 is 2.73. The Balaban J connectivity index is 1.70. The number of amides is 3. The number of carbonyl (C=O) groups is 2. The molecule has 0 unspecified atom stereocenters. The van der Waals surface area contributed by atoms with Gasteiger partial charge in [0.25, 0.3) is 5.56 Å². The zero-order chi connectivity index (χ0) is 18.8. The molecule has 0 aliphatic heterocycles. The molecule has 140 valence electrons. The third kappa shape index (κ3) is 3.78. The Hall–Kier alpha value is -1.87. The summed E-state index contributed by atoms with van der Waals surface area (Å²) in [5.74, 6) is -0.399. The first-order valence-electron chi connectivity index (χ1n) is 8.65. The molecule has 0 spiro atoms. The SMILES string of the molecule is CC[C@@H](C)NC(=O)NC(=O)CSc1nc2sc3c(c2c(=O)n1C)CCC3. The Bertz CT molecular complexity index is 919. The molecule has 3 rings (SSSR count). The van der Waals surface area contributed by atoms with Crippen LogP contribution in [0.3, 0.4) is 0 Å². The number of nitrogens with zero attached hydrogens (tertiary/aromatic N) is 2. The van der Waals surface area contributed by atoms with Crippen molar-refractivity contribution in [3.8, 4) is 0 Å². The number of nitrogens with one attached hydrogen (secondary N) is 2. The van der Waals surface area contributed by atoms with E-state index in [2.05, 4.69) is 15.6 Å². The summed E-state index contributed by atoms with van der Waals surface area (Å²) in [5.41, 5.74) is 1.08. The normalized spacial score (nSPS) is 14.3. The molecule has 2 aromatic rings. The summed E-state index contributed by atoms with van der Waals surface area (Å²) in [4.78, 5) is 42.9. The van der Waals surface area contributed by atoms with Crippen LogP contribution in [-0.2, 0) is 24.7 Å². The lowest BCUT2D eigenvalue weighted by atomic mass is 10.2. The number of aryl methyl sites for hydroxylation is 2. The summed E-state index contributed by atoms with van der Waals surface area (Å²) in [6.07, 6.45) is 3.82. The molecule has 0 bridgehead atoms. The van der Waals surface area contributed by atoms with Crippen LogP contribution >= 0.6 is 23.1 Å². The number of thioether (sulfide) groups is 1. The Morgan fingerprint density at radius 2 is 2.15 bits per heavy atom. The van der Waals surface area contributed by atoms with Gasteiger partial charge in [0.1, 0.15) is 4.83 Å². The van der Waals surface area contributed by atoms with Gasteiger partial charge in [-0.2, -0.15) is 0 Å². The fourth-order valence-corrected chi connectivity index (χ4v) is 4.96. The maximum Gasteiger partial charge on any atom is 0.321 e. The molecule has 9 heteroatoms. The molecule has 7 nitrogen and oxygen atoms in total. The molecule has 1 aliphatic carbocycles. The van der Waals surface area contributed by atoms with E-state index in [1.807, 2.05) is 13.8 Å². The van der Waals surface area contributed by atoms with Crippen molar-refractivity contribution in [1.29, 1.82) is 0 Å². The highest BCUT2D eigenvalue weighted by molar-refractivity contribution is 7.99. The van der Waals surface area contributed by atoms with Crippen molar-refractivity contribution in [1.82, 2.24) is 20.2 Å². The molecule has 1 atom stereocenters. The van der Waals surface area contributed by atoms with Crippen molar-refractivity contribution in [2.45, 2.75) is 50.7 Å². The van der Waals surface area contributed by atoms with E-state index in [1.165, 1.54) is 9.44 Å². The van der Waals surface area contributed by atoms with Gasteiger partial charge in [0.05, 0.1) is 11.1 Å². The van der Waals surface area contributed by atoms with Gasteiger partial charge in [-0.15, -0.1) is 11.3 Å². The average Bonchev–Trinajstić information content (AvgIpc) is 3.17. The van der Waals surface area contributed by atoms with Gasteiger partial charge < -0.3 is 5.32 Å². The van der Waals surface area contributed by atoms with Gasteiger partial charge in [0, 0.05) is 18.0 Å². The molecule has 0 fully saturated rings. The topological polar surface area (TPSA) is 93.1 Å². The minimum Gasteiger partial charge on any atom is -0.335 e. The second-order valence-electron chi connectivity index (χ2n) is 6.42. The summed E-state index contributed by atoms with van der Waals surface area (Å²) in [6.45, 7) is 3.82. The summed E-state index contributed by atoms with van der Waals surface area (Å²) in [5, 5.41) is 6.19. The van der Waals surface area contributed by atoms with Crippen LogP contribution in [0.4, 0.5) is 4.79 Å². The van der Waals surface area contributed by atoms with Crippen molar-refractivity contribution >= 4 is 45.3 Å². The number of rotatable bonds is 5. The Kier molecular flexibility index (Phi) is 5.67. The van der Waals surface area contributed by atoms with Gasteiger partial charge in [-0.25, -0.2) is 9.78 Å². The summed E-state index contributed by atoms with van der Waals surface area (Å²) < 4.78 is 1.49. The monoisotopic (exact) mass is 394 g/mol. The van der Waals surface area contributed by atoms with Crippen LogP contribution in [0.1, 0.15) is 37.1 Å². The molecule has 1 aliphatic rings. The van der Waals surface area contributed by atoms with Crippen molar-refractivity contribution < 1.29 is 9.59 Å². The minimum absolute atomic E-state index is 0.00104. The van der Waals surface area contributed by atoms with Crippen LogP contribution in [0.15, 0.2) is 9.95 Å². The number of thiophene rings is 1. The molecular formula is C17H22N4O3S2. The molecule has 0 saturated carbocycles.